The lowest BCUT2D eigenvalue weighted by Gasteiger charge is -2.08. The quantitative estimate of drug-likeness (QED) is 0.455. The van der Waals surface area contributed by atoms with Crippen molar-refractivity contribution in [3.63, 3.8) is 0 Å². The summed E-state index contributed by atoms with van der Waals surface area (Å²) in [6.45, 7) is 7.26. The zero-order valence-corrected chi connectivity index (χ0v) is 18.6. The van der Waals surface area contributed by atoms with Crippen LogP contribution in [0.5, 0.6) is 0 Å². The largest absolute Gasteiger partial charge is 0.421 e. The van der Waals surface area contributed by atoms with Crippen LogP contribution in [0, 0.1) is 20.8 Å². The molecule has 2 aromatic heterocycles. The molecule has 0 spiro atoms. The number of aryl methyl sites for hydroxylation is 4. The molecular formula is C25H27N5O2. The highest BCUT2D eigenvalue weighted by Crippen LogP contribution is 2.18. The fraction of sp³-hybridized carbons (Fsp3) is 0.280. The molecule has 0 fully saturated rings. The maximum absolute atomic E-state index is 12.3. The van der Waals surface area contributed by atoms with E-state index in [0.29, 0.717) is 37.7 Å². The molecule has 0 aliphatic carbocycles. The lowest BCUT2D eigenvalue weighted by Crippen LogP contribution is -2.23. The van der Waals surface area contributed by atoms with Gasteiger partial charge < -0.3 is 9.73 Å². The van der Waals surface area contributed by atoms with Crippen molar-refractivity contribution < 1.29 is 9.21 Å². The predicted octanol–water partition coefficient (Wildman–Crippen LogP) is 4.16. The summed E-state index contributed by atoms with van der Waals surface area (Å²) >= 11 is 0. The van der Waals surface area contributed by atoms with E-state index >= 15 is 0 Å². The summed E-state index contributed by atoms with van der Waals surface area (Å²) in [6, 6.07) is 18.1. The number of nitrogens with one attached hydrogen (secondary N) is 1. The Morgan fingerprint density at radius 2 is 1.78 bits per heavy atom. The minimum absolute atomic E-state index is 0.0518. The fourth-order valence-corrected chi connectivity index (χ4v) is 3.52. The summed E-state index contributed by atoms with van der Waals surface area (Å²) in [4.78, 5) is 12.3. The van der Waals surface area contributed by atoms with Crippen molar-refractivity contribution in [2.24, 2.45) is 0 Å². The van der Waals surface area contributed by atoms with Crippen LogP contribution in [0.1, 0.15) is 40.4 Å². The van der Waals surface area contributed by atoms with E-state index in [2.05, 4.69) is 45.7 Å². The minimum atomic E-state index is -0.0518. The standard InChI is InChI=1S/C25H27N5O2/c1-17-7-9-22(10-8-17)25-28-27-24(32-25)12-11-23(31)26-15-20-5-4-6-21(14-20)16-30-19(3)13-18(2)29-30/h4-10,13-14H,11-12,15-16H2,1-3H3,(H,26,31). The average Bonchev–Trinajstić information content (AvgIpc) is 3.37. The molecule has 0 aliphatic heterocycles. The molecule has 0 unspecified atom stereocenters. The topological polar surface area (TPSA) is 85.8 Å². The summed E-state index contributed by atoms with van der Waals surface area (Å²) in [7, 11) is 0. The van der Waals surface area contributed by atoms with Gasteiger partial charge in [0.2, 0.25) is 17.7 Å². The van der Waals surface area contributed by atoms with E-state index < -0.39 is 0 Å². The van der Waals surface area contributed by atoms with Gasteiger partial charge in [0, 0.05) is 30.6 Å². The lowest BCUT2D eigenvalue weighted by molar-refractivity contribution is -0.121. The molecule has 0 bridgehead atoms. The highest BCUT2D eigenvalue weighted by atomic mass is 16.4. The zero-order chi connectivity index (χ0) is 22.5. The summed E-state index contributed by atoms with van der Waals surface area (Å²) in [5, 5.41) is 15.6. The molecular weight excluding hydrogens is 402 g/mol. The maximum Gasteiger partial charge on any atom is 0.247 e. The van der Waals surface area contributed by atoms with Crippen LogP contribution < -0.4 is 5.32 Å². The summed E-state index contributed by atoms with van der Waals surface area (Å²) in [6.07, 6.45) is 0.698. The lowest BCUT2D eigenvalue weighted by atomic mass is 10.1. The summed E-state index contributed by atoms with van der Waals surface area (Å²) in [5.74, 6) is 0.881. The summed E-state index contributed by atoms with van der Waals surface area (Å²) < 4.78 is 7.68. The van der Waals surface area contributed by atoms with Gasteiger partial charge in [0.05, 0.1) is 12.2 Å². The average molecular weight is 430 g/mol. The molecule has 2 aromatic carbocycles. The third-order valence-corrected chi connectivity index (χ3v) is 5.25. The molecule has 1 N–H and O–H groups in total. The highest BCUT2D eigenvalue weighted by molar-refractivity contribution is 5.76. The van der Waals surface area contributed by atoms with E-state index in [0.717, 1.165) is 28.1 Å². The van der Waals surface area contributed by atoms with Gasteiger partial charge in [0.15, 0.2) is 0 Å². The van der Waals surface area contributed by atoms with E-state index in [9.17, 15) is 4.79 Å². The van der Waals surface area contributed by atoms with Crippen LogP contribution in [0.2, 0.25) is 0 Å². The van der Waals surface area contributed by atoms with E-state index in [1.165, 1.54) is 5.56 Å². The third kappa shape index (κ3) is 5.49. The first kappa shape index (κ1) is 21.5. The number of benzene rings is 2. The van der Waals surface area contributed by atoms with Gasteiger partial charge in [-0.2, -0.15) is 5.10 Å². The Bertz CT molecular complexity index is 1210. The second-order valence-corrected chi connectivity index (χ2v) is 8.05. The van der Waals surface area contributed by atoms with Gasteiger partial charge in [-0.1, -0.05) is 42.0 Å². The molecule has 164 valence electrons. The van der Waals surface area contributed by atoms with Gasteiger partial charge in [-0.15, -0.1) is 10.2 Å². The Balaban J connectivity index is 1.27. The van der Waals surface area contributed by atoms with Crippen molar-refractivity contribution in [1.82, 2.24) is 25.3 Å². The van der Waals surface area contributed by atoms with Gasteiger partial charge in [-0.25, -0.2) is 0 Å². The Morgan fingerprint density at radius 1 is 1.00 bits per heavy atom. The van der Waals surface area contributed by atoms with Crippen molar-refractivity contribution in [2.75, 3.05) is 0 Å². The van der Waals surface area contributed by atoms with Crippen molar-refractivity contribution in [2.45, 2.75) is 46.7 Å². The maximum atomic E-state index is 12.3. The first-order valence-electron chi connectivity index (χ1n) is 10.7. The number of carbonyl (C=O) groups excluding carboxylic acids is 1. The molecule has 7 nitrogen and oxygen atoms in total. The fourth-order valence-electron chi connectivity index (χ4n) is 3.52. The SMILES string of the molecule is Cc1ccc(-c2nnc(CCC(=O)NCc3cccc(Cn4nc(C)cc4C)c3)o2)cc1. The van der Waals surface area contributed by atoms with Crippen LogP contribution >= 0.6 is 0 Å². The van der Waals surface area contributed by atoms with Crippen molar-refractivity contribution in [3.05, 3.63) is 88.6 Å². The molecule has 32 heavy (non-hydrogen) atoms. The van der Waals surface area contributed by atoms with E-state index in [1.54, 1.807) is 0 Å². The number of hydrogen-bond acceptors (Lipinski definition) is 5. The molecule has 0 aliphatic rings. The van der Waals surface area contributed by atoms with Gasteiger partial charge in [0.1, 0.15) is 0 Å². The normalized spacial score (nSPS) is 11.0. The van der Waals surface area contributed by atoms with Gasteiger partial charge in [-0.05, 0) is 50.1 Å². The van der Waals surface area contributed by atoms with Gasteiger partial charge in [-0.3, -0.25) is 9.48 Å². The van der Waals surface area contributed by atoms with Crippen LogP contribution in [0.25, 0.3) is 11.5 Å². The number of hydrogen-bond donors (Lipinski definition) is 1. The van der Waals surface area contributed by atoms with Crippen LogP contribution in [-0.4, -0.2) is 25.9 Å². The second-order valence-electron chi connectivity index (χ2n) is 8.05. The Labute approximate surface area is 187 Å². The zero-order valence-electron chi connectivity index (χ0n) is 18.6. The molecule has 4 rings (SSSR count). The first-order valence-corrected chi connectivity index (χ1v) is 10.7. The smallest absolute Gasteiger partial charge is 0.247 e. The van der Waals surface area contributed by atoms with Crippen LogP contribution in [0.4, 0.5) is 0 Å². The van der Waals surface area contributed by atoms with Crippen molar-refractivity contribution in [1.29, 1.82) is 0 Å². The minimum Gasteiger partial charge on any atom is -0.421 e. The number of aromatic nitrogens is 4. The third-order valence-electron chi connectivity index (χ3n) is 5.25. The molecule has 0 saturated carbocycles. The number of nitrogens with zero attached hydrogens (tertiary/aromatic N) is 4. The van der Waals surface area contributed by atoms with E-state index in [-0.39, 0.29) is 5.91 Å². The number of rotatable bonds is 8. The monoisotopic (exact) mass is 429 g/mol. The highest BCUT2D eigenvalue weighted by Gasteiger charge is 2.11. The molecule has 7 heteroatoms. The Morgan fingerprint density at radius 3 is 2.53 bits per heavy atom. The Hall–Kier alpha value is -3.74. The molecule has 1 amide bonds. The van der Waals surface area contributed by atoms with E-state index in [4.69, 9.17) is 4.42 Å². The van der Waals surface area contributed by atoms with Crippen LogP contribution in [-0.2, 0) is 24.3 Å². The van der Waals surface area contributed by atoms with Crippen molar-refractivity contribution >= 4 is 5.91 Å². The predicted molar refractivity (Wildman–Crippen MR) is 122 cm³/mol. The Kier molecular flexibility index (Phi) is 6.44. The first-order chi connectivity index (χ1) is 15.5. The van der Waals surface area contributed by atoms with Gasteiger partial charge >= 0.3 is 0 Å². The van der Waals surface area contributed by atoms with E-state index in [1.807, 2.05) is 54.9 Å². The van der Waals surface area contributed by atoms with Crippen LogP contribution in [0.15, 0.2) is 59.0 Å². The van der Waals surface area contributed by atoms with Crippen LogP contribution in [0.3, 0.4) is 0 Å². The molecule has 0 atom stereocenters. The number of carbonyl (C=O) groups is 1. The van der Waals surface area contributed by atoms with Crippen molar-refractivity contribution in [3.8, 4) is 11.5 Å². The molecule has 4 aromatic rings. The van der Waals surface area contributed by atoms with Gasteiger partial charge in [0.25, 0.3) is 0 Å². The molecule has 0 radical (unpaired) electrons. The summed E-state index contributed by atoms with van der Waals surface area (Å²) in [5.41, 5.74) is 6.39. The molecule has 0 saturated heterocycles. The second kappa shape index (κ2) is 9.60. The molecule has 2 heterocycles. The number of amides is 1.